The van der Waals surface area contributed by atoms with E-state index in [2.05, 4.69) is 76.2 Å². The normalized spacial score (nSPS) is 12.7. The molecular weight excluding hydrogens is 334 g/mol. The topological polar surface area (TPSA) is 68.2 Å². The fraction of sp³-hybridized carbons (Fsp3) is 0.273. The van der Waals surface area contributed by atoms with E-state index in [9.17, 15) is 0 Å². The van der Waals surface area contributed by atoms with Crippen molar-refractivity contribution in [3.63, 3.8) is 0 Å². The highest BCUT2D eigenvalue weighted by molar-refractivity contribution is 5.78. The maximum Gasteiger partial charge on any atom is 0.189 e. The Bertz CT molecular complexity index is 866. The first-order valence-corrected chi connectivity index (χ1v) is 9.35. The summed E-state index contributed by atoms with van der Waals surface area (Å²) in [6, 6.07) is 17.3. The number of benzene rings is 2. The van der Waals surface area contributed by atoms with Crippen molar-refractivity contribution >= 4 is 5.96 Å². The van der Waals surface area contributed by atoms with Crippen molar-refractivity contribution in [1.29, 1.82) is 0 Å². The lowest BCUT2D eigenvalue weighted by molar-refractivity contribution is 0.636. The minimum absolute atomic E-state index is 0.326. The highest BCUT2D eigenvalue weighted by atomic mass is 15.1. The standard InChI is InChI=1S/C22H27N5/c1-3-17(2)26-22(23)25-14-20-6-4-5-7-21(20)19-10-8-18(9-11-19)15-27-13-12-24-16-27/h4-13,16-17H,3,14-15H2,1-2H3,(H3,23,25,26). The van der Waals surface area contributed by atoms with Crippen LogP contribution in [0.5, 0.6) is 0 Å². The second kappa shape index (κ2) is 9.03. The summed E-state index contributed by atoms with van der Waals surface area (Å²) in [4.78, 5) is 8.60. The van der Waals surface area contributed by atoms with E-state index in [-0.39, 0.29) is 0 Å². The molecule has 0 saturated heterocycles. The van der Waals surface area contributed by atoms with Gasteiger partial charge in [0.25, 0.3) is 0 Å². The molecule has 5 nitrogen and oxygen atoms in total. The zero-order valence-corrected chi connectivity index (χ0v) is 16.0. The van der Waals surface area contributed by atoms with Gasteiger partial charge in [0.15, 0.2) is 5.96 Å². The summed E-state index contributed by atoms with van der Waals surface area (Å²) >= 11 is 0. The largest absolute Gasteiger partial charge is 0.370 e. The molecular formula is C22H27N5. The van der Waals surface area contributed by atoms with Gasteiger partial charge in [0.05, 0.1) is 12.9 Å². The molecule has 5 heteroatoms. The van der Waals surface area contributed by atoms with Crippen LogP contribution in [0.2, 0.25) is 0 Å². The molecule has 1 aromatic heterocycles. The van der Waals surface area contributed by atoms with Crippen LogP contribution < -0.4 is 11.1 Å². The van der Waals surface area contributed by atoms with Crippen LogP contribution in [0.25, 0.3) is 11.1 Å². The van der Waals surface area contributed by atoms with Crippen molar-refractivity contribution in [2.24, 2.45) is 10.7 Å². The third-order valence-corrected chi connectivity index (χ3v) is 4.63. The first kappa shape index (κ1) is 18.7. The van der Waals surface area contributed by atoms with E-state index in [1.165, 1.54) is 16.7 Å². The average Bonchev–Trinajstić information content (AvgIpc) is 3.20. The lowest BCUT2D eigenvalue weighted by Gasteiger charge is -2.13. The molecule has 27 heavy (non-hydrogen) atoms. The second-order valence-electron chi connectivity index (χ2n) is 6.74. The summed E-state index contributed by atoms with van der Waals surface area (Å²) in [6.07, 6.45) is 6.61. The van der Waals surface area contributed by atoms with Gasteiger partial charge < -0.3 is 15.6 Å². The molecule has 0 saturated carbocycles. The van der Waals surface area contributed by atoms with Gasteiger partial charge >= 0.3 is 0 Å². The van der Waals surface area contributed by atoms with E-state index >= 15 is 0 Å². The van der Waals surface area contributed by atoms with Gasteiger partial charge in [0.2, 0.25) is 0 Å². The van der Waals surface area contributed by atoms with E-state index in [0.717, 1.165) is 18.5 Å². The van der Waals surface area contributed by atoms with Crippen LogP contribution in [0.15, 0.2) is 72.2 Å². The number of aromatic nitrogens is 2. The Hall–Kier alpha value is -3.08. The zero-order chi connectivity index (χ0) is 19.1. The molecule has 0 spiro atoms. The molecule has 2 aromatic carbocycles. The second-order valence-corrected chi connectivity index (χ2v) is 6.74. The van der Waals surface area contributed by atoms with Gasteiger partial charge in [-0.2, -0.15) is 0 Å². The third-order valence-electron chi connectivity index (χ3n) is 4.63. The van der Waals surface area contributed by atoms with Crippen LogP contribution >= 0.6 is 0 Å². The monoisotopic (exact) mass is 361 g/mol. The number of nitrogens with two attached hydrogens (primary N) is 1. The number of nitrogens with one attached hydrogen (secondary N) is 1. The Kier molecular flexibility index (Phi) is 6.26. The number of nitrogens with zero attached hydrogens (tertiary/aromatic N) is 3. The Labute approximate surface area is 161 Å². The first-order chi connectivity index (χ1) is 13.2. The predicted octanol–water partition coefficient (Wildman–Crippen LogP) is 3.80. The van der Waals surface area contributed by atoms with Crippen molar-refractivity contribution in [2.45, 2.75) is 39.4 Å². The molecule has 0 aliphatic rings. The summed E-state index contributed by atoms with van der Waals surface area (Å²) in [5, 5.41) is 3.21. The Balaban J connectivity index is 1.74. The third kappa shape index (κ3) is 5.20. The summed E-state index contributed by atoms with van der Waals surface area (Å²) in [5.74, 6) is 0.495. The molecule has 0 radical (unpaired) electrons. The minimum atomic E-state index is 0.326. The summed E-state index contributed by atoms with van der Waals surface area (Å²) in [6.45, 7) is 5.60. The molecule has 3 rings (SSSR count). The molecule has 3 aromatic rings. The molecule has 0 aliphatic carbocycles. The number of hydrogen-bond donors (Lipinski definition) is 2. The van der Waals surface area contributed by atoms with Crippen molar-refractivity contribution < 1.29 is 0 Å². The van der Waals surface area contributed by atoms with Gasteiger partial charge in [-0.1, -0.05) is 55.5 Å². The Morgan fingerprint density at radius 2 is 1.96 bits per heavy atom. The SMILES string of the molecule is CCC(C)NC(N)=NCc1ccccc1-c1ccc(Cn2ccnc2)cc1. The molecule has 3 N–H and O–H groups in total. The smallest absolute Gasteiger partial charge is 0.189 e. The molecule has 0 aliphatic heterocycles. The molecule has 0 fully saturated rings. The van der Waals surface area contributed by atoms with Crippen molar-refractivity contribution in [3.05, 3.63) is 78.4 Å². The van der Waals surface area contributed by atoms with Gasteiger partial charge in [-0.3, -0.25) is 0 Å². The summed E-state index contributed by atoms with van der Waals surface area (Å²) in [5.41, 5.74) is 10.8. The lowest BCUT2D eigenvalue weighted by Crippen LogP contribution is -2.38. The van der Waals surface area contributed by atoms with E-state index < -0.39 is 0 Å². The minimum Gasteiger partial charge on any atom is -0.370 e. The van der Waals surface area contributed by atoms with E-state index in [1.54, 1.807) is 6.20 Å². The fourth-order valence-electron chi connectivity index (χ4n) is 2.89. The highest BCUT2D eigenvalue weighted by Crippen LogP contribution is 2.25. The first-order valence-electron chi connectivity index (χ1n) is 9.35. The van der Waals surface area contributed by atoms with Crippen molar-refractivity contribution in [3.8, 4) is 11.1 Å². The maximum atomic E-state index is 6.00. The predicted molar refractivity (Wildman–Crippen MR) is 111 cm³/mol. The highest BCUT2D eigenvalue weighted by Gasteiger charge is 2.06. The number of imidazole rings is 1. The number of hydrogen-bond acceptors (Lipinski definition) is 2. The van der Waals surface area contributed by atoms with Crippen molar-refractivity contribution in [1.82, 2.24) is 14.9 Å². The number of aliphatic imine (C=N–C) groups is 1. The van der Waals surface area contributed by atoms with E-state index in [1.807, 2.05) is 18.6 Å². The number of rotatable bonds is 7. The van der Waals surface area contributed by atoms with Gasteiger partial charge in [0, 0.05) is 25.0 Å². The van der Waals surface area contributed by atoms with Crippen LogP contribution in [0, 0.1) is 0 Å². The van der Waals surface area contributed by atoms with Gasteiger partial charge in [-0.05, 0) is 35.6 Å². The van der Waals surface area contributed by atoms with Crippen LogP contribution in [0.3, 0.4) is 0 Å². The molecule has 1 atom stereocenters. The van der Waals surface area contributed by atoms with Crippen LogP contribution in [0.1, 0.15) is 31.4 Å². The van der Waals surface area contributed by atoms with Crippen LogP contribution in [0.4, 0.5) is 0 Å². The summed E-state index contributed by atoms with van der Waals surface area (Å²) < 4.78 is 2.06. The molecule has 1 heterocycles. The zero-order valence-electron chi connectivity index (χ0n) is 16.0. The van der Waals surface area contributed by atoms with Gasteiger partial charge in [-0.15, -0.1) is 0 Å². The maximum absolute atomic E-state index is 6.00. The fourth-order valence-corrected chi connectivity index (χ4v) is 2.89. The van der Waals surface area contributed by atoms with E-state index in [4.69, 9.17) is 5.73 Å². The van der Waals surface area contributed by atoms with E-state index in [0.29, 0.717) is 18.5 Å². The Morgan fingerprint density at radius 1 is 1.19 bits per heavy atom. The molecule has 140 valence electrons. The van der Waals surface area contributed by atoms with Crippen LogP contribution in [-0.2, 0) is 13.1 Å². The quantitative estimate of drug-likeness (QED) is 0.497. The lowest BCUT2D eigenvalue weighted by atomic mass is 9.98. The number of guanidine groups is 1. The Morgan fingerprint density at radius 3 is 2.67 bits per heavy atom. The van der Waals surface area contributed by atoms with Gasteiger partial charge in [-0.25, -0.2) is 9.98 Å². The molecule has 0 amide bonds. The van der Waals surface area contributed by atoms with Gasteiger partial charge in [0.1, 0.15) is 0 Å². The molecule has 0 bridgehead atoms. The molecule has 1 unspecified atom stereocenters. The van der Waals surface area contributed by atoms with Crippen molar-refractivity contribution in [2.75, 3.05) is 0 Å². The average molecular weight is 361 g/mol. The van der Waals surface area contributed by atoms with Crippen LogP contribution in [-0.4, -0.2) is 21.6 Å². The summed E-state index contributed by atoms with van der Waals surface area (Å²) in [7, 11) is 0.